The molecule has 1 aliphatic carbocycles. The molecule has 1 saturated carbocycles. The number of nitrogens with one attached hydrogen (secondary N) is 1. The first-order chi connectivity index (χ1) is 9.41. The second-order valence-corrected chi connectivity index (χ2v) is 9.11. The van der Waals surface area contributed by atoms with Gasteiger partial charge in [0.05, 0.1) is 5.25 Å². The van der Waals surface area contributed by atoms with Crippen LogP contribution in [0.15, 0.2) is 0 Å². The van der Waals surface area contributed by atoms with Crippen LogP contribution in [0.2, 0.25) is 0 Å². The fraction of sp³-hybridized carbons (Fsp3) is 0.857. The third-order valence-electron chi connectivity index (χ3n) is 3.73. The highest BCUT2D eigenvalue weighted by atomic mass is 32.2. The normalized spacial score (nSPS) is 25.4. The van der Waals surface area contributed by atoms with E-state index in [-0.39, 0.29) is 16.7 Å². The largest absolute Gasteiger partial charge is 0.356 e. The highest BCUT2D eigenvalue weighted by Crippen LogP contribution is 2.28. The smallest absolute Gasteiger partial charge is 0.202 e. The Bertz CT molecular complexity index is 467. The summed E-state index contributed by atoms with van der Waals surface area (Å²) in [5, 5.41) is 4.63. The molecule has 114 valence electrons. The van der Waals surface area contributed by atoms with Crippen molar-refractivity contribution >= 4 is 27.5 Å². The number of nitrogens with zero attached hydrogens (tertiary/aromatic N) is 2. The Labute approximate surface area is 128 Å². The predicted octanol–water partition coefficient (Wildman–Crippen LogP) is 3.33. The molecule has 1 heterocycles. The quantitative estimate of drug-likeness (QED) is 0.926. The van der Waals surface area contributed by atoms with Crippen molar-refractivity contribution in [3.8, 4) is 0 Å². The van der Waals surface area contributed by atoms with Crippen LogP contribution in [0.5, 0.6) is 0 Å². The lowest BCUT2D eigenvalue weighted by Crippen LogP contribution is -2.40. The van der Waals surface area contributed by atoms with E-state index in [4.69, 9.17) is 0 Å². The van der Waals surface area contributed by atoms with Gasteiger partial charge in [-0.1, -0.05) is 40.5 Å². The van der Waals surface area contributed by atoms with Crippen molar-refractivity contribution in [1.82, 2.24) is 9.36 Å². The average Bonchev–Trinajstić information content (AvgIpc) is 2.87. The topological polar surface area (TPSA) is 54.9 Å². The van der Waals surface area contributed by atoms with E-state index in [2.05, 4.69) is 35.4 Å². The summed E-state index contributed by atoms with van der Waals surface area (Å²) < 4.78 is 16.6. The van der Waals surface area contributed by atoms with Crippen LogP contribution in [0.25, 0.3) is 0 Å². The molecule has 2 rings (SSSR count). The number of aromatic nitrogens is 2. The molecule has 1 N–H and O–H groups in total. The maximum absolute atomic E-state index is 12.2. The molecule has 1 fully saturated rings. The average molecular weight is 316 g/mol. The van der Waals surface area contributed by atoms with E-state index in [1.54, 1.807) is 0 Å². The molecule has 20 heavy (non-hydrogen) atoms. The van der Waals surface area contributed by atoms with Gasteiger partial charge in [-0.25, -0.2) is 4.98 Å². The van der Waals surface area contributed by atoms with E-state index in [0.717, 1.165) is 29.6 Å². The highest BCUT2D eigenvalue weighted by Gasteiger charge is 2.30. The predicted molar refractivity (Wildman–Crippen MR) is 87.0 cm³/mol. The molecule has 1 aliphatic rings. The Morgan fingerprint density at radius 2 is 2.05 bits per heavy atom. The minimum atomic E-state index is -0.733. The van der Waals surface area contributed by atoms with Crippen molar-refractivity contribution in [3.63, 3.8) is 0 Å². The molecule has 0 bridgehead atoms. The van der Waals surface area contributed by atoms with Gasteiger partial charge in [0.25, 0.3) is 0 Å². The monoisotopic (exact) mass is 315 g/mol. The van der Waals surface area contributed by atoms with E-state index < -0.39 is 10.8 Å². The molecule has 6 heteroatoms. The number of rotatable bonds is 4. The minimum absolute atomic E-state index is 0.0192. The first-order valence-corrected chi connectivity index (χ1v) is 9.55. The molecule has 4 nitrogen and oxygen atoms in total. The lowest BCUT2D eigenvalue weighted by atomic mass is 9.95. The van der Waals surface area contributed by atoms with E-state index in [9.17, 15) is 4.21 Å². The summed E-state index contributed by atoms with van der Waals surface area (Å²) in [6, 6.07) is 0.283. The third kappa shape index (κ3) is 3.79. The molecule has 1 aromatic heterocycles. The Morgan fingerprint density at radius 3 is 2.65 bits per heavy atom. The van der Waals surface area contributed by atoms with Crippen LogP contribution in [0, 0.1) is 0 Å². The summed E-state index contributed by atoms with van der Waals surface area (Å²) in [5.41, 5.74) is -0.0192. The van der Waals surface area contributed by atoms with Crippen LogP contribution >= 0.6 is 11.5 Å². The molecule has 0 aliphatic heterocycles. The molecule has 3 unspecified atom stereocenters. The number of hydrogen-bond acceptors (Lipinski definition) is 5. The van der Waals surface area contributed by atoms with Crippen molar-refractivity contribution in [2.24, 2.45) is 0 Å². The molecule has 0 spiro atoms. The van der Waals surface area contributed by atoms with Gasteiger partial charge >= 0.3 is 0 Å². The van der Waals surface area contributed by atoms with Gasteiger partial charge in [0.2, 0.25) is 5.13 Å². The first kappa shape index (κ1) is 15.9. The molecule has 0 saturated heterocycles. The standard InChI is InChI=1S/C14H25N3OS2/c1-5-20(18)11-9-7-6-8-10(11)15-13-16-12(17-19-13)14(2,3)4/h10-11H,5-9H2,1-4H3,(H,15,16,17). The van der Waals surface area contributed by atoms with E-state index in [1.807, 2.05) is 6.92 Å². The molecule has 0 radical (unpaired) electrons. The summed E-state index contributed by atoms with van der Waals surface area (Å²) >= 11 is 1.42. The van der Waals surface area contributed by atoms with Gasteiger partial charge < -0.3 is 5.32 Å². The first-order valence-electron chi connectivity index (χ1n) is 7.39. The fourth-order valence-electron chi connectivity index (χ4n) is 2.54. The van der Waals surface area contributed by atoms with Crippen molar-refractivity contribution in [2.75, 3.05) is 11.1 Å². The van der Waals surface area contributed by atoms with Crippen LogP contribution in [0.4, 0.5) is 5.13 Å². The zero-order valence-corrected chi connectivity index (χ0v) is 14.4. The van der Waals surface area contributed by atoms with Gasteiger partial charge in [-0.05, 0) is 12.8 Å². The molecular weight excluding hydrogens is 290 g/mol. The van der Waals surface area contributed by atoms with Crippen LogP contribution < -0.4 is 5.32 Å². The molecular formula is C14H25N3OS2. The van der Waals surface area contributed by atoms with Gasteiger partial charge in [-0.2, -0.15) is 4.37 Å². The summed E-state index contributed by atoms with van der Waals surface area (Å²) in [4.78, 5) is 4.59. The maximum Gasteiger partial charge on any atom is 0.202 e. The minimum Gasteiger partial charge on any atom is -0.356 e. The van der Waals surface area contributed by atoms with Crippen LogP contribution in [-0.4, -0.2) is 30.6 Å². The fourth-order valence-corrected chi connectivity index (χ4v) is 4.78. The van der Waals surface area contributed by atoms with Gasteiger partial charge in [0.15, 0.2) is 0 Å². The highest BCUT2D eigenvalue weighted by molar-refractivity contribution is 7.85. The van der Waals surface area contributed by atoms with E-state index in [1.165, 1.54) is 24.4 Å². The summed E-state index contributed by atoms with van der Waals surface area (Å²) in [6.07, 6.45) is 4.54. The Balaban J connectivity index is 2.07. The van der Waals surface area contributed by atoms with Crippen LogP contribution in [0.1, 0.15) is 59.2 Å². The zero-order valence-electron chi connectivity index (χ0n) is 12.8. The molecule has 1 aromatic rings. The SMILES string of the molecule is CCS(=O)C1CCCCC1Nc1nc(C(C)(C)C)ns1. The van der Waals surface area contributed by atoms with Crippen molar-refractivity contribution in [1.29, 1.82) is 0 Å². The van der Waals surface area contributed by atoms with Crippen LogP contribution in [0.3, 0.4) is 0 Å². The van der Waals surface area contributed by atoms with Crippen molar-refractivity contribution in [2.45, 2.75) is 70.1 Å². The molecule has 3 atom stereocenters. The summed E-state index contributed by atoms with van der Waals surface area (Å²) in [5.74, 6) is 1.63. The van der Waals surface area contributed by atoms with Gasteiger partial charge in [-0.15, -0.1) is 0 Å². The summed E-state index contributed by atoms with van der Waals surface area (Å²) in [6.45, 7) is 8.36. The van der Waals surface area contributed by atoms with Crippen LogP contribution in [-0.2, 0) is 16.2 Å². The zero-order chi connectivity index (χ0) is 14.8. The molecule has 0 aromatic carbocycles. The van der Waals surface area contributed by atoms with E-state index >= 15 is 0 Å². The summed E-state index contributed by atoms with van der Waals surface area (Å²) in [7, 11) is -0.733. The second kappa shape index (κ2) is 6.52. The third-order valence-corrected chi connectivity index (χ3v) is 6.19. The Morgan fingerprint density at radius 1 is 1.35 bits per heavy atom. The van der Waals surface area contributed by atoms with Gasteiger partial charge in [0, 0.05) is 39.5 Å². The van der Waals surface area contributed by atoms with Gasteiger partial charge in [-0.3, -0.25) is 4.21 Å². The van der Waals surface area contributed by atoms with Gasteiger partial charge in [0.1, 0.15) is 5.82 Å². The Hall–Kier alpha value is -0.490. The van der Waals surface area contributed by atoms with Crippen molar-refractivity contribution in [3.05, 3.63) is 5.82 Å². The second-order valence-electron chi connectivity index (χ2n) is 6.42. The number of hydrogen-bond donors (Lipinski definition) is 1. The maximum atomic E-state index is 12.2. The van der Waals surface area contributed by atoms with Crippen molar-refractivity contribution < 1.29 is 4.21 Å². The number of anilines is 1. The van der Waals surface area contributed by atoms with E-state index in [0.29, 0.717) is 0 Å². The lowest BCUT2D eigenvalue weighted by Gasteiger charge is -2.31. The molecule has 0 amide bonds. The lowest BCUT2D eigenvalue weighted by molar-refractivity contribution is 0.465. The Kier molecular flexibility index (Phi) is 5.18.